The van der Waals surface area contributed by atoms with Gasteiger partial charge in [-0.25, -0.2) is 9.78 Å². The highest BCUT2D eigenvalue weighted by Gasteiger charge is 2.18. The van der Waals surface area contributed by atoms with Gasteiger partial charge < -0.3 is 9.26 Å². The zero-order valence-corrected chi connectivity index (χ0v) is 11.9. The average molecular weight is 322 g/mol. The quantitative estimate of drug-likeness (QED) is 0.807. The van der Waals surface area contributed by atoms with E-state index in [4.69, 9.17) is 44.1 Å². The first-order chi connectivity index (χ1) is 8.99. The molecule has 19 heavy (non-hydrogen) atoms. The fourth-order valence-corrected chi connectivity index (χ4v) is 1.84. The molecule has 0 bridgehead atoms. The van der Waals surface area contributed by atoms with Crippen molar-refractivity contribution in [2.75, 3.05) is 0 Å². The molecule has 100 valence electrons. The number of hydrogen-bond donors (Lipinski definition) is 0. The second kappa shape index (κ2) is 5.77. The lowest BCUT2D eigenvalue weighted by atomic mass is 10.3. The lowest BCUT2D eigenvalue weighted by molar-refractivity contribution is 0.0457. The molecule has 5 nitrogen and oxygen atoms in total. The molecular weight excluding hydrogens is 314 g/mol. The van der Waals surface area contributed by atoms with E-state index >= 15 is 0 Å². The van der Waals surface area contributed by atoms with Gasteiger partial charge in [0.25, 0.3) is 0 Å². The maximum Gasteiger partial charge on any atom is 0.358 e. The Balaban J connectivity index is 2.10. The highest BCUT2D eigenvalue weighted by atomic mass is 35.5. The number of hydrogen-bond acceptors (Lipinski definition) is 5. The summed E-state index contributed by atoms with van der Waals surface area (Å²) in [7, 11) is 0. The van der Waals surface area contributed by atoms with Crippen molar-refractivity contribution in [2.45, 2.75) is 13.5 Å². The molecular formula is C11H7Cl3N2O3. The average Bonchev–Trinajstić information content (AvgIpc) is 2.79. The number of ether oxygens (including phenoxy) is 1. The van der Waals surface area contributed by atoms with Gasteiger partial charge in [-0.1, -0.05) is 40.0 Å². The van der Waals surface area contributed by atoms with E-state index in [0.29, 0.717) is 11.5 Å². The van der Waals surface area contributed by atoms with E-state index < -0.39 is 5.97 Å². The summed E-state index contributed by atoms with van der Waals surface area (Å²) in [6.07, 6.45) is 1.23. The fraction of sp³-hybridized carbons (Fsp3) is 0.182. The topological polar surface area (TPSA) is 65.2 Å². The molecule has 0 saturated carbocycles. The maximum atomic E-state index is 11.8. The number of pyridine rings is 1. The van der Waals surface area contributed by atoms with E-state index in [1.165, 1.54) is 6.20 Å². The molecule has 0 atom stereocenters. The Kier molecular flexibility index (Phi) is 4.29. The molecule has 0 unspecified atom stereocenters. The summed E-state index contributed by atoms with van der Waals surface area (Å²) >= 11 is 17.4. The van der Waals surface area contributed by atoms with Gasteiger partial charge in [-0.2, -0.15) is 0 Å². The molecule has 0 radical (unpaired) electrons. The van der Waals surface area contributed by atoms with Crippen molar-refractivity contribution >= 4 is 40.8 Å². The summed E-state index contributed by atoms with van der Waals surface area (Å²) in [6.45, 7) is 1.68. The molecule has 0 spiro atoms. The zero-order chi connectivity index (χ0) is 14.0. The van der Waals surface area contributed by atoms with Gasteiger partial charge in [0.05, 0.1) is 15.1 Å². The first-order valence-corrected chi connectivity index (χ1v) is 6.21. The van der Waals surface area contributed by atoms with E-state index in [0.717, 1.165) is 0 Å². The van der Waals surface area contributed by atoms with Crippen LogP contribution in [-0.2, 0) is 11.3 Å². The van der Waals surface area contributed by atoms with E-state index in [9.17, 15) is 4.79 Å². The first kappa shape index (κ1) is 14.1. The van der Waals surface area contributed by atoms with Crippen LogP contribution in [0.3, 0.4) is 0 Å². The van der Waals surface area contributed by atoms with Gasteiger partial charge in [0, 0.05) is 12.3 Å². The number of aryl methyl sites for hydroxylation is 1. The van der Waals surface area contributed by atoms with E-state index in [2.05, 4.69) is 10.1 Å². The number of nitrogens with zero attached hydrogens (tertiary/aromatic N) is 2. The number of aromatic nitrogens is 2. The van der Waals surface area contributed by atoms with Crippen molar-refractivity contribution in [1.29, 1.82) is 0 Å². The van der Waals surface area contributed by atoms with Gasteiger partial charge >= 0.3 is 5.97 Å². The Hall–Kier alpha value is -1.30. The summed E-state index contributed by atoms with van der Waals surface area (Å²) in [5, 5.41) is 3.86. The minimum absolute atomic E-state index is 0.0458. The summed E-state index contributed by atoms with van der Waals surface area (Å²) in [5.41, 5.74) is 0.387. The summed E-state index contributed by atoms with van der Waals surface area (Å²) < 4.78 is 9.83. The SMILES string of the molecule is Cc1cc(COC(=O)c2ncc(Cl)c(Cl)c2Cl)no1. The number of rotatable bonds is 3. The predicted octanol–water partition coefficient (Wildman–Crippen LogP) is 3.70. The zero-order valence-electron chi connectivity index (χ0n) is 9.61. The monoisotopic (exact) mass is 320 g/mol. The standard InChI is InChI=1S/C11H7Cl3N2O3/c1-5-2-6(16-19-5)4-18-11(17)10-9(14)8(13)7(12)3-15-10/h2-3H,4H2,1H3. The molecule has 0 aliphatic rings. The molecule has 0 N–H and O–H groups in total. The van der Waals surface area contributed by atoms with Gasteiger partial charge in [-0.3, -0.25) is 0 Å². The second-order valence-corrected chi connectivity index (χ2v) is 4.75. The normalized spacial score (nSPS) is 10.5. The first-order valence-electron chi connectivity index (χ1n) is 5.08. The lowest BCUT2D eigenvalue weighted by Gasteiger charge is -2.05. The lowest BCUT2D eigenvalue weighted by Crippen LogP contribution is -2.08. The highest BCUT2D eigenvalue weighted by Crippen LogP contribution is 2.31. The summed E-state index contributed by atoms with van der Waals surface area (Å²) in [6, 6.07) is 1.65. The Labute approximate surface area is 123 Å². The Bertz CT molecular complexity index is 628. The molecule has 0 saturated heterocycles. The Morgan fingerprint density at radius 3 is 2.74 bits per heavy atom. The van der Waals surface area contributed by atoms with Crippen molar-refractivity contribution in [3.63, 3.8) is 0 Å². The largest absolute Gasteiger partial charge is 0.454 e. The third kappa shape index (κ3) is 3.18. The van der Waals surface area contributed by atoms with Crippen LogP contribution in [-0.4, -0.2) is 16.1 Å². The highest BCUT2D eigenvalue weighted by molar-refractivity contribution is 6.48. The van der Waals surface area contributed by atoms with Crippen molar-refractivity contribution in [3.8, 4) is 0 Å². The Morgan fingerprint density at radius 1 is 1.37 bits per heavy atom. The smallest absolute Gasteiger partial charge is 0.358 e. The third-order valence-corrected chi connectivity index (χ3v) is 3.38. The van der Waals surface area contributed by atoms with Gasteiger partial charge in [0.2, 0.25) is 0 Å². The van der Waals surface area contributed by atoms with Crippen LogP contribution in [0.2, 0.25) is 15.1 Å². The minimum Gasteiger partial charge on any atom is -0.454 e. The van der Waals surface area contributed by atoms with E-state index in [1.807, 2.05) is 0 Å². The predicted molar refractivity (Wildman–Crippen MR) is 69.6 cm³/mol. The number of esters is 1. The number of halogens is 3. The molecule has 8 heteroatoms. The van der Waals surface area contributed by atoms with Crippen LogP contribution >= 0.6 is 34.8 Å². The molecule has 2 rings (SSSR count). The van der Waals surface area contributed by atoms with E-state index in [1.54, 1.807) is 13.0 Å². The summed E-state index contributed by atoms with van der Waals surface area (Å²) in [5.74, 6) is -0.0963. The molecule has 2 aromatic heterocycles. The molecule has 2 heterocycles. The van der Waals surface area contributed by atoms with E-state index in [-0.39, 0.29) is 27.4 Å². The van der Waals surface area contributed by atoms with Crippen LogP contribution in [0, 0.1) is 6.92 Å². The molecule has 0 aliphatic carbocycles. The van der Waals surface area contributed by atoms with Crippen LogP contribution in [0.15, 0.2) is 16.8 Å². The van der Waals surface area contributed by atoms with Gasteiger partial charge in [-0.05, 0) is 6.92 Å². The molecule has 0 fully saturated rings. The molecule has 0 aliphatic heterocycles. The Morgan fingerprint density at radius 2 is 2.11 bits per heavy atom. The van der Waals surface area contributed by atoms with Crippen LogP contribution in [0.25, 0.3) is 0 Å². The molecule has 0 aromatic carbocycles. The molecule has 2 aromatic rings. The van der Waals surface area contributed by atoms with Crippen molar-refractivity contribution in [1.82, 2.24) is 10.1 Å². The van der Waals surface area contributed by atoms with Gasteiger partial charge in [-0.15, -0.1) is 0 Å². The van der Waals surface area contributed by atoms with Crippen molar-refractivity contribution in [2.24, 2.45) is 0 Å². The summed E-state index contributed by atoms with van der Waals surface area (Å²) in [4.78, 5) is 15.6. The number of carbonyl (C=O) groups is 1. The van der Waals surface area contributed by atoms with Crippen LogP contribution in [0.1, 0.15) is 21.9 Å². The maximum absolute atomic E-state index is 11.8. The fourth-order valence-electron chi connectivity index (χ4n) is 1.28. The van der Waals surface area contributed by atoms with Crippen molar-refractivity contribution < 1.29 is 14.1 Å². The van der Waals surface area contributed by atoms with Crippen LogP contribution < -0.4 is 0 Å². The minimum atomic E-state index is -0.718. The van der Waals surface area contributed by atoms with Crippen LogP contribution in [0.4, 0.5) is 0 Å². The third-order valence-electron chi connectivity index (χ3n) is 2.14. The van der Waals surface area contributed by atoms with Gasteiger partial charge in [0.15, 0.2) is 5.69 Å². The number of carbonyl (C=O) groups excluding carboxylic acids is 1. The van der Waals surface area contributed by atoms with Crippen LogP contribution in [0.5, 0.6) is 0 Å². The molecule has 0 amide bonds. The van der Waals surface area contributed by atoms with Gasteiger partial charge in [0.1, 0.15) is 18.1 Å². The second-order valence-electron chi connectivity index (χ2n) is 3.59. The van der Waals surface area contributed by atoms with Crippen molar-refractivity contribution in [3.05, 3.63) is 44.5 Å².